The van der Waals surface area contributed by atoms with Crippen LogP contribution >= 0.6 is 0 Å². The Balaban J connectivity index is 2.54. The van der Waals surface area contributed by atoms with Gasteiger partial charge in [0, 0.05) is 18.0 Å². The predicted molar refractivity (Wildman–Crippen MR) is 76.7 cm³/mol. The fourth-order valence-electron chi connectivity index (χ4n) is 2.81. The van der Waals surface area contributed by atoms with E-state index in [0.29, 0.717) is 5.92 Å². The third kappa shape index (κ3) is 2.54. The molecule has 2 nitrogen and oxygen atoms in total. The van der Waals surface area contributed by atoms with E-state index < -0.39 is 0 Å². The summed E-state index contributed by atoms with van der Waals surface area (Å²) in [5.74, 6) is 1.70. The lowest BCUT2D eigenvalue weighted by Crippen LogP contribution is -2.16. The van der Waals surface area contributed by atoms with Gasteiger partial charge in [-0.1, -0.05) is 38.5 Å². The van der Waals surface area contributed by atoms with E-state index in [0.717, 1.165) is 18.8 Å². The molecule has 1 saturated heterocycles. The Kier molecular flexibility index (Phi) is 3.67. The molecule has 18 heavy (non-hydrogen) atoms. The van der Waals surface area contributed by atoms with Gasteiger partial charge in [-0.05, 0) is 30.9 Å². The number of hydrogen-bond acceptors (Lipinski definition) is 2. The van der Waals surface area contributed by atoms with Gasteiger partial charge in [-0.15, -0.1) is 0 Å². The molecule has 0 saturated carbocycles. The van der Waals surface area contributed by atoms with Crippen molar-refractivity contribution in [2.45, 2.75) is 45.4 Å². The zero-order valence-corrected chi connectivity index (χ0v) is 12.3. The van der Waals surface area contributed by atoms with Crippen molar-refractivity contribution in [3.63, 3.8) is 0 Å². The maximum atomic E-state index is 5.74. The van der Waals surface area contributed by atoms with Crippen LogP contribution in [0.4, 0.5) is 0 Å². The van der Waals surface area contributed by atoms with E-state index in [2.05, 4.69) is 45.1 Å². The third-order valence-electron chi connectivity index (χ3n) is 3.77. The fraction of sp³-hybridized carbons (Fsp3) is 0.625. The van der Waals surface area contributed by atoms with Crippen LogP contribution in [0.15, 0.2) is 12.1 Å². The van der Waals surface area contributed by atoms with Crippen molar-refractivity contribution < 1.29 is 4.74 Å². The van der Waals surface area contributed by atoms with Crippen LogP contribution < -0.4 is 10.1 Å². The molecule has 1 fully saturated rings. The first-order valence-electron chi connectivity index (χ1n) is 6.83. The van der Waals surface area contributed by atoms with Crippen molar-refractivity contribution in [2.24, 2.45) is 0 Å². The van der Waals surface area contributed by atoms with Gasteiger partial charge < -0.3 is 10.1 Å². The molecule has 2 heteroatoms. The van der Waals surface area contributed by atoms with Gasteiger partial charge in [0.1, 0.15) is 5.75 Å². The van der Waals surface area contributed by atoms with Gasteiger partial charge in [-0.2, -0.15) is 0 Å². The highest BCUT2D eigenvalue weighted by Gasteiger charge is 2.26. The maximum absolute atomic E-state index is 5.74. The van der Waals surface area contributed by atoms with Gasteiger partial charge in [0.15, 0.2) is 0 Å². The Morgan fingerprint density at radius 2 is 2.00 bits per heavy atom. The standard InChI is InChI=1S/C16H25NO/c1-11-8-13(12-6-7-17-10-12)15(18-5)14(9-11)16(2,3)4/h8-9,12,17H,6-7,10H2,1-5H3. The largest absolute Gasteiger partial charge is 0.496 e. The van der Waals surface area contributed by atoms with E-state index in [4.69, 9.17) is 4.74 Å². The third-order valence-corrected chi connectivity index (χ3v) is 3.77. The number of methoxy groups -OCH3 is 1. The molecule has 1 N–H and O–H groups in total. The zero-order chi connectivity index (χ0) is 13.3. The number of rotatable bonds is 2. The molecular weight excluding hydrogens is 222 g/mol. The van der Waals surface area contributed by atoms with E-state index in [-0.39, 0.29) is 5.41 Å². The average Bonchev–Trinajstić information content (AvgIpc) is 2.80. The highest BCUT2D eigenvalue weighted by atomic mass is 16.5. The SMILES string of the molecule is COc1c(C2CCNC2)cc(C)cc1C(C)(C)C. The molecule has 1 aromatic carbocycles. The minimum atomic E-state index is 0.123. The van der Waals surface area contributed by atoms with Crippen LogP contribution in [-0.2, 0) is 5.41 Å². The lowest BCUT2D eigenvalue weighted by molar-refractivity contribution is 0.389. The lowest BCUT2D eigenvalue weighted by Gasteiger charge is -2.26. The molecule has 0 bridgehead atoms. The molecule has 0 amide bonds. The number of aryl methyl sites for hydroxylation is 1. The van der Waals surface area contributed by atoms with Crippen LogP contribution in [0.2, 0.25) is 0 Å². The van der Waals surface area contributed by atoms with Crippen LogP contribution in [-0.4, -0.2) is 20.2 Å². The number of benzene rings is 1. The van der Waals surface area contributed by atoms with E-state index in [1.54, 1.807) is 7.11 Å². The van der Waals surface area contributed by atoms with E-state index in [9.17, 15) is 0 Å². The number of hydrogen-bond donors (Lipinski definition) is 1. The van der Waals surface area contributed by atoms with Crippen molar-refractivity contribution >= 4 is 0 Å². The van der Waals surface area contributed by atoms with Crippen LogP contribution in [0.1, 0.15) is 49.8 Å². The highest BCUT2D eigenvalue weighted by Crippen LogP contribution is 2.39. The smallest absolute Gasteiger partial charge is 0.126 e. The molecule has 0 aromatic heterocycles. The predicted octanol–water partition coefficient (Wildman–Crippen LogP) is 3.38. The normalized spacial score (nSPS) is 20.2. The quantitative estimate of drug-likeness (QED) is 0.865. The molecule has 1 aliphatic rings. The average molecular weight is 247 g/mol. The summed E-state index contributed by atoms with van der Waals surface area (Å²) in [5, 5.41) is 3.44. The van der Waals surface area contributed by atoms with Gasteiger partial charge >= 0.3 is 0 Å². The first kappa shape index (κ1) is 13.4. The van der Waals surface area contributed by atoms with Gasteiger partial charge in [0.25, 0.3) is 0 Å². The molecule has 0 aliphatic carbocycles. The van der Waals surface area contributed by atoms with E-state index in [1.165, 1.54) is 23.1 Å². The fourth-order valence-corrected chi connectivity index (χ4v) is 2.81. The van der Waals surface area contributed by atoms with Crippen LogP contribution in [0, 0.1) is 6.92 Å². The Labute approximate surface area is 111 Å². The second-order valence-corrected chi connectivity index (χ2v) is 6.37. The molecule has 0 spiro atoms. The van der Waals surface area contributed by atoms with Gasteiger partial charge in [-0.25, -0.2) is 0 Å². The summed E-state index contributed by atoms with van der Waals surface area (Å²) in [7, 11) is 1.80. The lowest BCUT2D eigenvalue weighted by atomic mass is 9.82. The molecular formula is C16H25NO. The van der Waals surface area contributed by atoms with E-state index >= 15 is 0 Å². The van der Waals surface area contributed by atoms with Gasteiger partial charge in [0.05, 0.1) is 7.11 Å². The molecule has 2 rings (SSSR count). The monoisotopic (exact) mass is 247 g/mol. The summed E-state index contributed by atoms with van der Waals surface area (Å²) in [6.07, 6.45) is 1.21. The number of ether oxygens (including phenoxy) is 1. The van der Waals surface area contributed by atoms with Crippen molar-refractivity contribution in [1.29, 1.82) is 0 Å². The zero-order valence-electron chi connectivity index (χ0n) is 12.3. The summed E-state index contributed by atoms with van der Waals surface area (Å²) in [6, 6.07) is 4.57. The minimum Gasteiger partial charge on any atom is -0.496 e. The van der Waals surface area contributed by atoms with Gasteiger partial charge in [0.2, 0.25) is 0 Å². The molecule has 100 valence electrons. The van der Waals surface area contributed by atoms with Crippen molar-refractivity contribution in [3.05, 3.63) is 28.8 Å². The minimum absolute atomic E-state index is 0.123. The van der Waals surface area contributed by atoms with Crippen LogP contribution in [0.25, 0.3) is 0 Å². The van der Waals surface area contributed by atoms with E-state index in [1.807, 2.05) is 0 Å². The number of nitrogens with one attached hydrogen (secondary N) is 1. The molecule has 0 radical (unpaired) electrons. The van der Waals surface area contributed by atoms with Crippen LogP contribution in [0.3, 0.4) is 0 Å². The second-order valence-electron chi connectivity index (χ2n) is 6.37. The Morgan fingerprint density at radius 1 is 1.28 bits per heavy atom. The highest BCUT2D eigenvalue weighted by molar-refractivity contribution is 5.49. The van der Waals surface area contributed by atoms with Crippen molar-refractivity contribution in [3.8, 4) is 5.75 Å². The Morgan fingerprint density at radius 3 is 2.50 bits per heavy atom. The Bertz CT molecular complexity index is 425. The summed E-state index contributed by atoms with van der Waals surface area (Å²) in [4.78, 5) is 0. The van der Waals surface area contributed by atoms with Crippen LogP contribution in [0.5, 0.6) is 5.75 Å². The van der Waals surface area contributed by atoms with Crippen molar-refractivity contribution in [1.82, 2.24) is 5.32 Å². The summed E-state index contributed by atoms with van der Waals surface area (Å²) in [5.41, 5.74) is 4.17. The van der Waals surface area contributed by atoms with Gasteiger partial charge in [-0.3, -0.25) is 0 Å². The summed E-state index contributed by atoms with van der Waals surface area (Å²) < 4.78 is 5.74. The molecule has 1 unspecified atom stereocenters. The Hall–Kier alpha value is -1.02. The van der Waals surface area contributed by atoms with Crippen molar-refractivity contribution in [2.75, 3.05) is 20.2 Å². The summed E-state index contributed by atoms with van der Waals surface area (Å²) in [6.45, 7) is 11.1. The summed E-state index contributed by atoms with van der Waals surface area (Å²) >= 11 is 0. The maximum Gasteiger partial charge on any atom is 0.126 e. The molecule has 1 aliphatic heterocycles. The molecule has 1 aromatic rings. The molecule has 1 heterocycles. The first-order valence-corrected chi connectivity index (χ1v) is 6.83. The topological polar surface area (TPSA) is 21.3 Å². The first-order chi connectivity index (χ1) is 8.43. The molecule has 1 atom stereocenters. The second kappa shape index (κ2) is 4.93.